The maximum atomic E-state index is 12.6. The summed E-state index contributed by atoms with van der Waals surface area (Å²) in [5.41, 5.74) is 6.10. The number of primary amides is 1. The zero-order chi connectivity index (χ0) is 20.0. The Bertz CT molecular complexity index is 787. The molecule has 2 rings (SSSR count). The maximum absolute atomic E-state index is 12.6. The molecule has 0 bridgehead atoms. The van der Waals surface area contributed by atoms with Gasteiger partial charge in [0.2, 0.25) is 11.8 Å². The minimum atomic E-state index is -4.35. The third-order valence-corrected chi connectivity index (χ3v) is 3.91. The van der Waals surface area contributed by atoms with Gasteiger partial charge in [0.15, 0.2) is 0 Å². The number of carbonyl (C=O) groups is 2. The molecule has 3 N–H and O–H groups in total. The van der Waals surface area contributed by atoms with Gasteiger partial charge in [-0.2, -0.15) is 13.2 Å². The largest absolute Gasteiger partial charge is 0.416 e. The standard InChI is InChI=1S/C19H20F3N3O2/c1-25(12-13-2-6-15(7-3-13)19(20,21)22)11-10-17(26)24-16-8-4-14(5-9-16)18(23)27/h2-9H,10-12H2,1H3,(H2,23,27)(H,24,26). The van der Waals surface area contributed by atoms with Crippen LogP contribution in [0.2, 0.25) is 0 Å². The Balaban J connectivity index is 1.80. The molecule has 0 saturated carbocycles. The summed E-state index contributed by atoms with van der Waals surface area (Å²) < 4.78 is 37.7. The Hall–Kier alpha value is -2.87. The number of hydrogen-bond donors (Lipinski definition) is 2. The molecule has 0 aromatic heterocycles. The first-order chi connectivity index (χ1) is 12.6. The Morgan fingerprint density at radius 1 is 1.04 bits per heavy atom. The molecule has 0 aliphatic heterocycles. The number of anilines is 1. The molecule has 5 nitrogen and oxygen atoms in total. The van der Waals surface area contributed by atoms with E-state index in [9.17, 15) is 22.8 Å². The van der Waals surface area contributed by atoms with Crippen LogP contribution in [-0.4, -0.2) is 30.3 Å². The van der Waals surface area contributed by atoms with Crippen molar-refractivity contribution in [3.05, 3.63) is 65.2 Å². The van der Waals surface area contributed by atoms with Gasteiger partial charge >= 0.3 is 6.18 Å². The third-order valence-electron chi connectivity index (χ3n) is 3.91. The van der Waals surface area contributed by atoms with Crippen molar-refractivity contribution in [3.8, 4) is 0 Å². The van der Waals surface area contributed by atoms with Gasteiger partial charge in [0.05, 0.1) is 5.56 Å². The first-order valence-corrected chi connectivity index (χ1v) is 8.19. The topological polar surface area (TPSA) is 75.4 Å². The molecule has 27 heavy (non-hydrogen) atoms. The van der Waals surface area contributed by atoms with E-state index in [1.165, 1.54) is 24.3 Å². The quantitative estimate of drug-likeness (QED) is 0.775. The summed E-state index contributed by atoms with van der Waals surface area (Å²) in [5, 5.41) is 2.71. The maximum Gasteiger partial charge on any atom is 0.416 e. The molecule has 2 aromatic rings. The molecule has 8 heteroatoms. The number of rotatable bonds is 7. The van der Waals surface area contributed by atoms with E-state index in [1.807, 2.05) is 4.90 Å². The number of nitrogens with one attached hydrogen (secondary N) is 1. The van der Waals surface area contributed by atoms with Crippen LogP contribution >= 0.6 is 0 Å². The third kappa shape index (κ3) is 6.41. The van der Waals surface area contributed by atoms with Gasteiger partial charge in [0, 0.05) is 30.8 Å². The SMILES string of the molecule is CN(CCC(=O)Nc1ccc(C(N)=O)cc1)Cc1ccc(C(F)(F)F)cc1. The lowest BCUT2D eigenvalue weighted by Gasteiger charge is -2.17. The van der Waals surface area contributed by atoms with Crippen molar-refractivity contribution in [2.24, 2.45) is 5.73 Å². The lowest BCUT2D eigenvalue weighted by molar-refractivity contribution is -0.137. The van der Waals surface area contributed by atoms with Gasteiger partial charge in [-0.1, -0.05) is 12.1 Å². The van der Waals surface area contributed by atoms with Crippen molar-refractivity contribution in [2.75, 3.05) is 18.9 Å². The van der Waals surface area contributed by atoms with Crippen molar-refractivity contribution < 1.29 is 22.8 Å². The molecule has 0 saturated heterocycles. The van der Waals surface area contributed by atoms with Crippen molar-refractivity contribution >= 4 is 17.5 Å². The van der Waals surface area contributed by atoms with Crippen LogP contribution in [0.25, 0.3) is 0 Å². The number of nitrogens with two attached hydrogens (primary N) is 1. The number of hydrogen-bond acceptors (Lipinski definition) is 3. The van der Waals surface area contributed by atoms with E-state index in [0.29, 0.717) is 24.3 Å². The zero-order valence-corrected chi connectivity index (χ0v) is 14.7. The molecule has 0 heterocycles. The highest BCUT2D eigenvalue weighted by molar-refractivity contribution is 5.94. The molecule has 0 unspecified atom stereocenters. The summed E-state index contributed by atoms with van der Waals surface area (Å²) in [4.78, 5) is 24.8. The lowest BCUT2D eigenvalue weighted by Crippen LogP contribution is -2.24. The van der Waals surface area contributed by atoms with Gasteiger partial charge < -0.3 is 16.0 Å². The summed E-state index contributed by atoms with van der Waals surface area (Å²) in [6.45, 7) is 0.866. The molecular weight excluding hydrogens is 359 g/mol. The molecule has 0 aliphatic carbocycles. The number of halogens is 3. The normalized spacial score (nSPS) is 11.4. The second-order valence-corrected chi connectivity index (χ2v) is 6.17. The van der Waals surface area contributed by atoms with Crippen LogP contribution in [-0.2, 0) is 17.5 Å². The van der Waals surface area contributed by atoms with E-state index in [4.69, 9.17) is 5.73 Å². The molecule has 2 aromatic carbocycles. The second kappa shape index (κ2) is 8.68. The highest BCUT2D eigenvalue weighted by Gasteiger charge is 2.29. The van der Waals surface area contributed by atoms with Crippen LogP contribution in [0.1, 0.15) is 27.9 Å². The van der Waals surface area contributed by atoms with E-state index in [0.717, 1.165) is 17.7 Å². The second-order valence-electron chi connectivity index (χ2n) is 6.17. The molecule has 0 aliphatic rings. The summed E-state index contributed by atoms with van der Waals surface area (Å²) >= 11 is 0. The predicted molar refractivity (Wildman–Crippen MR) is 96.0 cm³/mol. The fourth-order valence-electron chi connectivity index (χ4n) is 2.42. The monoisotopic (exact) mass is 379 g/mol. The molecule has 0 radical (unpaired) electrons. The number of alkyl halides is 3. The van der Waals surface area contributed by atoms with Crippen molar-refractivity contribution in [1.29, 1.82) is 0 Å². The summed E-state index contributed by atoms with van der Waals surface area (Å²) in [5.74, 6) is -0.751. The Morgan fingerprint density at radius 2 is 1.63 bits per heavy atom. The predicted octanol–water partition coefficient (Wildman–Crippen LogP) is 3.26. The zero-order valence-electron chi connectivity index (χ0n) is 14.7. The number of nitrogens with zero attached hydrogens (tertiary/aromatic N) is 1. The van der Waals surface area contributed by atoms with Gasteiger partial charge in [0.1, 0.15) is 0 Å². The minimum Gasteiger partial charge on any atom is -0.366 e. The van der Waals surface area contributed by atoms with Crippen molar-refractivity contribution in [2.45, 2.75) is 19.1 Å². The molecule has 144 valence electrons. The molecule has 0 spiro atoms. The number of carbonyl (C=O) groups excluding carboxylic acids is 2. The summed E-state index contributed by atoms with van der Waals surface area (Å²) in [6, 6.07) is 11.2. The first-order valence-electron chi connectivity index (χ1n) is 8.19. The van der Waals surface area contributed by atoms with Gasteiger partial charge in [-0.15, -0.1) is 0 Å². The van der Waals surface area contributed by atoms with E-state index in [-0.39, 0.29) is 12.3 Å². The molecule has 0 atom stereocenters. The fraction of sp³-hybridized carbons (Fsp3) is 0.263. The van der Waals surface area contributed by atoms with Crippen LogP contribution in [0.15, 0.2) is 48.5 Å². The van der Waals surface area contributed by atoms with Crippen molar-refractivity contribution in [3.63, 3.8) is 0 Å². The van der Waals surface area contributed by atoms with Crippen LogP contribution in [0.4, 0.5) is 18.9 Å². The highest BCUT2D eigenvalue weighted by atomic mass is 19.4. The lowest BCUT2D eigenvalue weighted by atomic mass is 10.1. The van der Waals surface area contributed by atoms with E-state index in [2.05, 4.69) is 5.32 Å². The van der Waals surface area contributed by atoms with Gasteiger partial charge in [-0.3, -0.25) is 9.59 Å². The molecular formula is C19H20F3N3O2. The van der Waals surface area contributed by atoms with Crippen LogP contribution < -0.4 is 11.1 Å². The average Bonchev–Trinajstić information content (AvgIpc) is 2.60. The van der Waals surface area contributed by atoms with Crippen LogP contribution in [0.5, 0.6) is 0 Å². The fourth-order valence-corrected chi connectivity index (χ4v) is 2.42. The van der Waals surface area contributed by atoms with E-state index < -0.39 is 17.6 Å². The average molecular weight is 379 g/mol. The summed E-state index contributed by atoms with van der Waals surface area (Å²) in [7, 11) is 1.78. The number of benzene rings is 2. The van der Waals surface area contributed by atoms with Gasteiger partial charge in [0.25, 0.3) is 0 Å². The van der Waals surface area contributed by atoms with Crippen molar-refractivity contribution in [1.82, 2.24) is 4.90 Å². The minimum absolute atomic E-state index is 0.207. The Kier molecular flexibility index (Phi) is 6.57. The highest BCUT2D eigenvalue weighted by Crippen LogP contribution is 2.29. The van der Waals surface area contributed by atoms with Gasteiger partial charge in [-0.05, 0) is 49.0 Å². The smallest absolute Gasteiger partial charge is 0.366 e. The summed E-state index contributed by atoms with van der Waals surface area (Å²) in [6.07, 6.45) is -4.13. The first kappa shape index (κ1) is 20.4. The number of amides is 2. The van der Waals surface area contributed by atoms with Crippen LogP contribution in [0.3, 0.4) is 0 Å². The Morgan fingerprint density at radius 3 is 2.15 bits per heavy atom. The molecule has 2 amide bonds. The Labute approximate surface area is 155 Å². The van der Waals surface area contributed by atoms with Gasteiger partial charge in [-0.25, -0.2) is 0 Å². The molecule has 0 fully saturated rings. The van der Waals surface area contributed by atoms with E-state index >= 15 is 0 Å². The van der Waals surface area contributed by atoms with Crippen LogP contribution in [0, 0.1) is 0 Å². The van der Waals surface area contributed by atoms with E-state index in [1.54, 1.807) is 19.2 Å².